The number of carbonyl (C=O) groups excluding carboxylic acids is 3. The van der Waals surface area contributed by atoms with Crippen LogP contribution in [0.1, 0.15) is 114 Å². The Bertz CT molecular complexity index is 1320. The molecule has 9 nitrogen and oxygen atoms in total. The molecule has 0 radical (unpaired) electrons. The zero-order valence-corrected chi connectivity index (χ0v) is 28.1. The highest BCUT2D eigenvalue weighted by Gasteiger charge is 2.51. The number of methoxy groups -OCH3 is 2. The van der Waals surface area contributed by atoms with Gasteiger partial charge in [0.1, 0.15) is 5.69 Å². The summed E-state index contributed by atoms with van der Waals surface area (Å²) in [5, 5.41) is 3.64. The van der Waals surface area contributed by atoms with Crippen molar-refractivity contribution in [3.8, 4) is 0 Å². The average molecular weight is 645 g/mol. The fourth-order valence-electron chi connectivity index (χ4n) is 11.0. The number of pyridine rings is 2. The lowest BCUT2D eigenvalue weighted by molar-refractivity contribution is -0.0514. The van der Waals surface area contributed by atoms with E-state index >= 15 is 0 Å². The van der Waals surface area contributed by atoms with Gasteiger partial charge in [-0.1, -0.05) is 0 Å². The summed E-state index contributed by atoms with van der Waals surface area (Å²) in [6.07, 6.45) is 21.3. The van der Waals surface area contributed by atoms with Gasteiger partial charge in [0.2, 0.25) is 0 Å². The van der Waals surface area contributed by atoms with E-state index < -0.39 is 5.97 Å². The van der Waals surface area contributed by atoms with E-state index in [4.69, 9.17) is 10.5 Å². The average Bonchev–Trinajstić information content (AvgIpc) is 3.07. The zero-order chi connectivity index (χ0) is 33.0. The van der Waals surface area contributed by atoms with Crippen molar-refractivity contribution in [3.63, 3.8) is 0 Å². The maximum absolute atomic E-state index is 11.4. The van der Waals surface area contributed by atoms with Crippen LogP contribution in [0.5, 0.6) is 0 Å². The molecule has 0 saturated heterocycles. The van der Waals surface area contributed by atoms with E-state index in [0.29, 0.717) is 33.9 Å². The van der Waals surface area contributed by atoms with Gasteiger partial charge in [0.05, 0.1) is 31.0 Å². The van der Waals surface area contributed by atoms with Gasteiger partial charge in [0.25, 0.3) is 0 Å². The molecule has 3 N–H and O–H groups in total. The minimum atomic E-state index is -0.458. The first kappa shape index (κ1) is 33.7. The third-order valence-electron chi connectivity index (χ3n) is 12.1. The molecule has 8 bridgehead atoms. The molecule has 254 valence electrons. The van der Waals surface area contributed by atoms with E-state index in [2.05, 4.69) is 20.0 Å². The lowest BCUT2D eigenvalue weighted by Gasteiger charge is -2.57. The topological polar surface area (TPSA) is 134 Å². The number of nitrogens with two attached hydrogens (primary N) is 1. The van der Waals surface area contributed by atoms with Crippen LogP contribution in [0.3, 0.4) is 0 Å². The summed E-state index contributed by atoms with van der Waals surface area (Å²) in [7, 11) is 2.68. The third kappa shape index (κ3) is 7.94. The van der Waals surface area contributed by atoms with Gasteiger partial charge >= 0.3 is 11.9 Å². The molecule has 0 atom stereocenters. The van der Waals surface area contributed by atoms with E-state index in [9.17, 15) is 14.4 Å². The van der Waals surface area contributed by atoms with Crippen LogP contribution in [0.15, 0.2) is 36.7 Å². The van der Waals surface area contributed by atoms with Crippen molar-refractivity contribution in [2.45, 2.75) is 83.6 Å². The molecule has 10 rings (SSSR count). The number of nitrogens with zero attached hydrogens (tertiary/aromatic N) is 2. The summed E-state index contributed by atoms with van der Waals surface area (Å²) < 4.78 is 9.14. The molecular weight excluding hydrogens is 592 g/mol. The molecular formula is C38H52N4O5. The summed E-state index contributed by atoms with van der Waals surface area (Å²) in [4.78, 5) is 40.5. The molecule has 8 saturated carbocycles. The molecule has 2 heterocycles. The first-order chi connectivity index (χ1) is 22.7. The Labute approximate surface area is 279 Å². The monoisotopic (exact) mass is 644 g/mol. The van der Waals surface area contributed by atoms with Crippen LogP contribution in [0.25, 0.3) is 0 Å². The number of aldehydes is 1. The zero-order valence-electron chi connectivity index (χ0n) is 28.1. The number of hydrogen-bond acceptors (Lipinski definition) is 9. The van der Waals surface area contributed by atoms with Crippen LogP contribution < -0.4 is 11.1 Å². The molecule has 9 heteroatoms. The Morgan fingerprint density at radius 3 is 1.55 bits per heavy atom. The number of esters is 2. The van der Waals surface area contributed by atoms with Gasteiger partial charge in [-0.15, -0.1) is 0 Å². The molecule has 0 aromatic carbocycles. The fraction of sp³-hybridized carbons (Fsp3) is 0.658. The number of rotatable bonds is 8. The highest BCUT2D eigenvalue weighted by molar-refractivity contribution is 5.89. The van der Waals surface area contributed by atoms with Crippen molar-refractivity contribution < 1.29 is 23.9 Å². The Morgan fingerprint density at radius 1 is 0.745 bits per heavy atom. The molecule has 0 unspecified atom stereocenters. The molecule has 8 fully saturated rings. The summed E-state index contributed by atoms with van der Waals surface area (Å²) in [5.74, 6) is 5.42. The quantitative estimate of drug-likeness (QED) is 0.262. The van der Waals surface area contributed by atoms with Crippen molar-refractivity contribution in [2.24, 2.45) is 52.1 Å². The third-order valence-corrected chi connectivity index (χ3v) is 12.1. The Hall–Kier alpha value is -3.17. The van der Waals surface area contributed by atoms with Crippen LogP contribution in [-0.2, 0) is 16.0 Å². The highest BCUT2D eigenvalue weighted by Crippen LogP contribution is 2.60. The van der Waals surface area contributed by atoms with Crippen LogP contribution in [-0.4, -0.2) is 55.5 Å². The van der Waals surface area contributed by atoms with Crippen molar-refractivity contribution in [1.29, 1.82) is 0 Å². The Kier molecular flexibility index (Phi) is 10.4. The predicted molar refractivity (Wildman–Crippen MR) is 179 cm³/mol. The lowest BCUT2D eigenvalue weighted by Crippen LogP contribution is -2.50. The lowest BCUT2D eigenvalue weighted by atomic mass is 9.49. The summed E-state index contributed by atoms with van der Waals surface area (Å²) in [6, 6.07) is 6.65. The maximum Gasteiger partial charge on any atom is 0.339 e. The minimum absolute atomic E-state index is 0.294. The Balaban J connectivity index is 0.000000136. The molecule has 47 heavy (non-hydrogen) atoms. The number of aromatic nitrogens is 2. The summed E-state index contributed by atoms with van der Waals surface area (Å²) in [6.45, 7) is 2.87. The van der Waals surface area contributed by atoms with Gasteiger partial charge in [0.15, 0.2) is 6.29 Å². The van der Waals surface area contributed by atoms with Gasteiger partial charge in [-0.3, -0.25) is 14.8 Å². The second-order valence-corrected chi connectivity index (χ2v) is 15.8. The Morgan fingerprint density at radius 2 is 1.19 bits per heavy atom. The summed E-state index contributed by atoms with van der Waals surface area (Å²) in [5.41, 5.74) is 9.23. The van der Waals surface area contributed by atoms with Crippen LogP contribution in [0, 0.1) is 46.3 Å². The van der Waals surface area contributed by atoms with Gasteiger partial charge < -0.3 is 20.5 Å². The van der Waals surface area contributed by atoms with E-state index in [1.807, 2.05) is 6.07 Å². The number of hydrogen-bond donors (Lipinski definition) is 2. The second-order valence-electron chi connectivity index (χ2n) is 15.8. The normalized spacial score (nSPS) is 33.6. The molecule has 2 aromatic heterocycles. The highest BCUT2D eigenvalue weighted by atomic mass is 16.5. The van der Waals surface area contributed by atoms with Gasteiger partial charge in [-0.25, -0.2) is 9.59 Å². The smallest absolute Gasteiger partial charge is 0.339 e. The molecule has 0 amide bonds. The van der Waals surface area contributed by atoms with Crippen molar-refractivity contribution in [1.82, 2.24) is 15.3 Å². The number of carbonyl (C=O) groups is 3. The van der Waals surface area contributed by atoms with E-state index in [-0.39, 0.29) is 5.97 Å². The standard InChI is InChI=1S/C19H26N2O2.C11H19N.C8H7NO3/c1-23-18(22)16-2-3-17(21-10-16)11-20-12-19-7-13-4-14(8-19)6-15(5-13)9-19;12-7-11-4-8-1-9(5-11)3-10(2-8)6-11;1-12-8(11)6-2-3-7(5-10)9-4-6/h2-3,10,13-15,20H,4-9,11-12H2,1H3;8-10H,1-7,12H2;2-5H,1H3. The first-order valence-corrected chi connectivity index (χ1v) is 17.7. The first-order valence-electron chi connectivity index (χ1n) is 17.7. The second kappa shape index (κ2) is 14.5. The molecule has 0 aliphatic heterocycles. The number of nitrogens with one attached hydrogen (secondary N) is 1. The van der Waals surface area contributed by atoms with Crippen molar-refractivity contribution in [3.05, 3.63) is 59.2 Å². The molecule has 8 aliphatic carbocycles. The van der Waals surface area contributed by atoms with E-state index in [0.717, 1.165) is 60.8 Å². The van der Waals surface area contributed by atoms with E-state index in [1.54, 1.807) is 12.3 Å². The molecule has 0 spiro atoms. The minimum Gasteiger partial charge on any atom is -0.465 e. The maximum atomic E-state index is 11.4. The van der Waals surface area contributed by atoms with Gasteiger partial charge in [-0.05, 0) is 154 Å². The van der Waals surface area contributed by atoms with Crippen molar-refractivity contribution >= 4 is 18.2 Å². The van der Waals surface area contributed by atoms with Crippen LogP contribution in [0.2, 0.25) is 0 Å². The molecule has 8 aliphatic rings. The van der Waals surface area contributed by atoms with Crippen molar-refractivity contribution in [2.75, 3.05) is 27.3 Å². The number of ether oxygens (including phenoxy) is 2. The van der Waals surface area contributed by atoms with E-state index in [1.165, 1.54) is 110 Å². The molecule has 2 aromatic rings. The van der Waals surface area contributed by atoms with Crippen LogP contribution >= 0.6 is 0 Å². The van der Waals surface area contributed by atoms with Gasteiger partial charge in [0, 0.05) is 25.5 Å². The van der Waals surface area contributed by atoms with Crippen LogP contribution in [0.4, 0.5) is 0 Å². The largest absolute Gasteiger partial charge is 0.465 e. The SMILES string of the molecule is COC(=O)c1ccc(C=O)nc1.COC(=O)c1ccc(CNCC23CC4CC(CC(C4)C2)C3)nc1.NCC12CC3CC(CC(C3)C1)C2. The fourth-order valence-corrected chi connectivity index (χ4v) is 11.0. The predicted octanol–water partition coefficient (Wildman–Crippen LogP) is 6.02. The van der Waals surface area contributed by atoms with Gasteiger partial charge in [-0.2, -0.15) is 0 Å². The summed E-state index contributed by atoms with van der Waals surface area (Å²) >= 11 is 0.